The molecule has 0 aromatic carbocycles. The number of hydrogen-bond donors (Lipinski definition) is 3. The van der Waals surface area contributed by atoms with E-state index in [0.717, 1.165) is 64.2 Å². The van der Waals surface area contributed by atoms with Gasteiger partial charge < -0.3 is 16.2 Å². The van der Waals surface area contributed by atoms with Gasteiger partial charge in [-0.3, -0.25) is 4.79 Å². The summed E-state index contributed by atoms with van der Waals surface area (Å²) in [4.78, 5) is 13.1. The Hall–Kier alpha value is -0.680. The maximum Gasteiger partial charge on any atom is 0.233 e. The molecular formula is C15H26N2O2S. The second-order valence-electron chi connectivity index (χ2n) is 6.34. The third-order valence-corrected chi connectivity index (χ3v) is 5.29. The van der Waals surface area contributed by atoms with Crippen LogP contribution in [0.25, 0.3) is 0 Å². The highest BCUT2D eigenvalue weighted by molar-refractivity contribution is 7.80. The van der Waals surface area contributed by atoms with Gasteiger partial charge in [-0.25, -0.2) is 0 Å². The molecule has 2 rings (SSSR count). The lowest BCUT2D eigenvalue weighted by atomic mass is 9.78. The first-order chi connectivity index (χ1) is 9.54. The summed E-state index contributed by atoms with van der Waals surface area (Å²) in [5.41, 5.74) is 5.29. The molecule has 4 nitrogen and oxygen atoms in total. The molecule has 4 N–H and O–H groups in total. The zero-order valence-electron chi connectivity index (χ0n) is 12.1. The summed E-state index contributed by atoms with van der Waals surface area (Å²) >= 11 is 5.23. The van der Waals surface area contributed by atoms with Crippen molar-refractivity contribution in [1.29, 1.82) is 0 Å². The number of carbonyl (C=O) groups is 1. The van der Waals surface area contributed by atoms with Gasteiger partial charge in [0.2, 0.25) is 5.91 Å². The minimum absolute atomic E-state index is 0.0216. The van der Waals surface area contributed by atoms with Crippen LogP contribution in [-0.4, -0.2) is 28.1 Å². The fourth-order valence-corrected chi connectivity index (χ4v) is 3.76. The highest BCUT2D eigenvalue weighted by atomic mass is 32.1. The normalized spacial score (nSPS) is 30.2. The molecule has 2 saturated carbocycles. The molecule has 114 valence electrons. The molecule has 0 saturated heterocycles. The monoisotopic (exact) mass is 298 g/mol. The second kappa shape index (κ2) is 6.85. The van der Waals surface area contributed by atoms with Gasteiger partial charge in [-0.15, -0.1) is 0 Å². The fraction of sp³-hybridized carbons (Fsp3) is 0.867. The summed E-state index contributed by atoms with van der Waals surface area (Å²) in [7, 11) is 0. The predicted molar refractivity (Wildman–Crippen MR) is 83.3 cm³/mol. The van der Waals surface area contributed by atoms with Gasteiger partial charge in [-0.05, 0) is 38.5 Å². The molecule has 0 unspecified atom stereocenters. The Morgan fingerprint density at radius 2 is 1.65 bits per heavy atom. The van der Waals surface area contributed by atoms with Crippen LogP contribution in [0.15, 0.2) is 0 Å². The van der Waals surface area contributed by atoms with Gasteiger partial charge in [0.25, 0.3) is 0 Å². The largest absolute Gasteiger partial charge is 0.393 e. The van der Waals surface area contributed by atoms with E-state index in [1.54, 1.807) is 0 Å². The maximum atomic E-state index is 12.7. The molecule has 20 heavy (non-hydrogen) atoms. The molecule has 2 fully saturated rings. The first kappa shape index (κ1) is 15.7. The Morgan fingerprint density at radius 3 is 2.15 bits per heavy atom. The number of aliphatic hydroxyl groups excluding tert-OH is 1. The van der Waals surface area contributed by atoms with Crippen molar-refractivity contribution in [2.45, 2.75) is 76.4 Å². The topological polar surface area (TPSA) is 75.4 Å². The van der Waals surface area contributed by atoms with E-state index in [4.69, 9.17) is 18.0 Å². The third kappa shape index (κ3) is 3.50. The summed E-state index contributed by atoms with van der Waals surface area (Å²) < 4.78 is 0. The van der Waals surface area contributed by atoms with Crippen LogP contribution in [-0.2, 0) is 4.79 Å². The van der Waals surface area contributed by atoms with Crippen molar-refractivity contribution in [3.8, 4) is 0 Å². The molecule has 0 spiro atoms. The van der Waals surface area contributed by atoms with Gasteiger partial charge in [-0.2, -0.15) is 0 Å². The first-order valence-electron chi connectivity index (χ1n) is 7.83. The standard InChI is InChI=1S/C15H26N2O2S/c16-13(20)15(9-3-1-2-4-10-15)14(19)17-11-5-7-12(18)8-6-11/h11-12,18H,1-10H2,(H2,16,20)(H,17,19). The number of carbonyl (C=O) groups excluding carboxylic acids is 1. The Bertz CT molecular complexity index is 357. The Kier molecular flexibility index (Phi) is 5.38. The Balaban J connectivity index is 2.01. The van der Waals surface area contributed by atoms with Crippen molar-refractivity contribution < 1.29 is 9.90 Å². The molecule has 0 heterocycles. The molecule has 0 aromatic heterocycles. The Morgan fingerprint density at radius 1 is 1.10 bits per heavy atom. The van der Waals surface area contributed by atoms with Gasteiger partial charge in [0.15, 0.2) is 0 Å². The van der Waals surface area contributed by atoms with Crippen LogP contribution in [0.3, 0.4) is 0 Å². The van der Waals surface area contributed by atoms with Crippen molar-refractivity contribution in [2.24, 2.45) is 11.1 Å². The zero-order valence-corrected chi connectivity index (χ0v) is 12.9. The molecule has 2 aliphatic rings. The molecule has 0 bridgehead atoms. The second-order valence-corrected chi connectivity index (χ2v) is 6.78. The number of hydrogen-bond acceptors (Lipinski definition) is 3. The van der Waals surface area contributed by atoms with Crippen LogP contribution >= 0.6 is 12.2 Å². The van der Waals surface area contributed by atoms with Crippen molar-refractivity contribution in [2.75, 3.05) is 0 Å². The van der Waals surface area contributed by atoms with E-state index in [1.165, 1.54) is 0 Å². The van der Waals surface area contributed by atoms with E-state index in [-0.39, 0.29) is 18.1 Å². The molecule has 0 aromatic rings. The SMILES string of the molecule is NC(=S)C1(C(=O)NC2CCC(O)CC2)CCCCCC1. The first-order valence-corrected chi connectivity index (χ1v) is 8.24. The zero-order chi connectivity index (χ0) is 14.6. The highest BCUT2D eigenvalue weighted by Crippen LogP contribution is 2.36. The fourth-order valence-electron chi connectivity index (χ4n) is 3.46. The third-order valence-electron chi connectivity index (χ3n) is 4.90. The number of amides is 1. The van der Waals surface area contributed by atoms with Gasteiger partial charge in [0.1, 0.15) is 0 Å². The number of rotatable bonds is 3. The van der Waals surface area contributed by atoms with Crippen LogP contribution < -0.4 is 11.1 Å². The lowest BCUT2D eigenvalue weighted by molar-refractivity contribution is -0.129. The average molecular weight is 298 g/mol. The molecular weight excluding hydrogens is 272 g/mol. The summed E-state index contributed by atoms with van der Waals surface area (Å²) in [6, 6.07) is 0.167. The lowest BCUT2D eigenvalue weighted by Gasteiger charge is -2.34. The van der Waals surface area contributed by atoms with Crippen molar-refractivity contribution in [3.05, 3.63) is 0 Å². The summed E-state index contributed by atoms with van der Waals surface area (Å²) in [6.07, 6.45) is 8.96. The number of nitrogens with two attached hydrogens (primary N) is 1. The van der Waals surface area contributed by atoms with Gasteiger partial charge in [0.05, 0.1) is 16.5 Å². The van der Waals surface area contributed by atoms with Crippen molar-refractivity contribution >= 4 is 23.1 Å². The van der Waals surface area contributed by atoms with Gasteiger partial charge >= 0.3 is 0 Å². The van der Waals surface area contributed by atoms with E-state index in [2.05, 4.69) is 5.32 Å². The van der Waals surface area contributed by atoms with E-state index >= 15 is 0 Å². The molecule has 0 aliphatic heterocycles. The van der Waals surface area contributed by atoms with E-state index in [1.807, 2.05) is 0 Å². The quantitative estimate of drug-likeness (QED) is 0.550. The number of aliphatic hydroxyl groups is 1. The minimum atomic E-state index is -0.637. The number of nitrogens with one attached hydrogen (secondary N) is 1. The van der Waals surface area contributed by atoms with Crippen LogP contribution in [0.4, 0.5) is 0 Å². The van der Waals surface area contributed by atoms with Crippen LogP contribution in [0.2, 0.25) is 0 Å². The van der Waals surface area contributed by atoms with Crippen LogP contribution in [0.5, 0.6) is 0 Å². The smallest absolute Gasteiger partial charge is 0.233 e. The van der Waals surface area contributed by atoms with Crippen molar-refractivity contribution in [3.63, 3.8) is 0 Å². The maximum absolute atomic E-state index is 12.7. The molecule has 2 aliphatic carbocycles. The lowest BCUT2D eigenvalue weighted by Crippen LogP contribution is -2.52. The van der Waals surface area contributed by atoms with Crippen LogP contribution in [0, 0.1) is 5.41 Å². The van der Waals surface area contributed by atoms with Gasteiger partial charge in [0, 0.05) is 6.04 Å². The van der Waals surface area contributed by atoms with E-state index in [9.17, 15) is 9.90 Å². The van der Waals surface area contributed by atoms with Crippen LogP contribution in [0.1, 0.15) is 64.2 Å². The molecule has 0 radical (unpaired) electrons. The van der Waals surface area contributed by atoms with Crippen molar-refractivity contribution in [1.82, 2.24) is 5.32 Å². The highest BCUT2D eigenvalue weighted by Gasteiger charge is 2.42. The molecule has 0 atom stereocenters. The van der Waals surface area contributed by atoms with E-state index in [0.29, 0.717) is 4.99 Å². The minimum Gasteiger partial charge on any atom is -0.393 e. The summed E-state index contributed by atoms with van der Waals surface area (Å²) in [5, 5.41) is 12.7. The molecule has 1 amide bonds. The van der Waals surface area contributed by atoms with Gasteiger partial charge in [-0.1, -0.05) is 37.9 Å². The summed E-state index contributed by atoms with van der Waals surface area (Å²) in [5.74, 6) is 0.0216. The van der Waals surface area contributed by atoms with E-state index < -0.39 is 5.41 Å². The predicted octanol–water partition coefficient (Wildman–Crippen LogP) is 2.03. The Labute approximate surface area is 126 Å². The number of thiocarbonyl (C=S) groups is 1. The molecule has 5 heteroatoms. The average Bonchev–Trinajstić information content (AvgIpc) is 2.68. The summed E-state index contributed by atoms with van der Waals surface area (Å²) in [6.45, 7) is 0.